The van der Waals surface area contributed by atoms with Gasteiger partial charge < -0.3 is 4.57 Å². The number of alkyl halides is 1. The molecule has 0 bridgehead atoms. The molecule has 3 nitrogen and oxygen atoms in total. The molecule has 94 valence electrons. The lowest BCUT2D eigenvalue weighted by Gasteiger charge is -2.16. The molecule has 0 spiro atoms. The van der Waals surface area contributed by atoms with Crippen molar-refractivity contribution in [3.05, 3.63) is 40.3 Å². The van der Waals surface area contributed by atoms with E-state index in [4.69, 9.17) is 0 Å². The van der Waals surface area contributed by atoms with Gasteiger partial charge >= 0.3 is 0 Å². The van der Waals surface area contributed by atoms with E-state index in [1.807, 2.05) is 28.8 Å². The largest absolute Gasteiger partial charge is 0.305 e. The predicted octanol–water partition coefficient (Wildman–Crippen LogP) is 2.88. The fraction of sp³-hybridized carbons (Fsp3) is 0.429. The first-order valence-corrected chi connectivity index (χ1v) is 7.30. The second-order valence-corrected chi connectivity index (χ2v) is 5.77. The lowest BCUT2D eigenvalue weighted by molar-refractivity contribution is 0.474. The van der Waals surface area contributed by atoms with Gasteiger partial charge in [-0.2, -0.15) is 0 Å². The summed E-state index contributed by atoms with van der Waals surface area (Å²) in [7, 11) is 0. The minimum atomic E-state index is 0.0425. The Bertz CT molecular complexity index is 658. The maximum Gasteiger partial charge on any atom is 0.272 e. The molecule has 0 atom stereocenters. The topological polar surface area (TPSA) is 34.9 Å². The molecule has 1 aromatic heterocycles. The van der Waals surface area contributed by atoms with Gasteiger partial charge in [0.1, 0.15) is 5.69 Å². The van der Waals surface area contributed by atoms with Crippen molar-refractivity contribution in [3.63, 3.8) is 0 Å². The number of para-hydroxylation sites is 2. The van der Waals surface area contributed by atoms with Crippen LogP contribution in [0.15, 0.2) is 29.1 Å². The third kappa shape index (κ3) is 1.88. The van der Waals surface area contributed by atoms with Crippen molar-refractivity contribution in [2.75, 3.05) is 5.33 Å². The van der Waals surface area contributed by atoms with E-state index >= 15 is 0 Å². The van der Waals surface area contributed by atoms with Gasteiger partial charge in [0.05, 0.1) is 11.0 Å². The molecule has 4 heteroatoms. The summed E-state index contributed by atoms with van der Waals surface area (Å²) in [6.45, 7) is 2.58. The van der Waals surface area contributed by atoms with Crippen LogP contribution in [0.5, 0.6) is 0 Å². The van der Waals surface area contributed by atoms with Gasteiger partial charge in [0.15, 0.2) is 0 Å². The fourth-order valence-electron chi connectivity index (χ4n) is 2.32. The smallest absolute Gasteiger partial charge is 0.272 e. The number of fused-ring (bicyclic) bond motifs is 1. The Morgan fingerprint density at radius 2 is 2.11 bits per heavy atom. The molecule has 1 aromatic carbocycles. The molecule has 3 rings (SSSR count). The summed E-state index contributed by atoms with van der Waals surface area (Å²) in [4.78, 5) is 16.7. The van der Waals surface area contributed by atoms with Crippen LogP contribution in [0.1, 0.15) is 18.5 Å². The van der Waals surface area contributed by atoms with E-state index in [1.165, 1.54) is 12.8 Å². The molecule has 0 radical (unpaired) electrons. The third-order valence-electron chi connectivity index (χ3n) is 3.75. The number of aromatic nitrogens is 2. The zero-order valence-electron chi connectivity index (χ0n) is 10.3. The Balaban J connectivity index is 2.20. The second kappa shape index (κ2) is 4.19. The Kier molecular flexibility index (Phi) is 2.77. The summed E-state index contributed by atoms with van der Waals surface area (Å²) in [6, 6.07) is 7.86. The average molecular weight is 307 g/mol. The monoisotopic (exact) mass is 306 g/mol. The van der Waals surface area contributed by atoms with E-state index in [0.717, 1.165) is 22.9 Å². The van der Waals surface area contributed by atoms with Crippen LogP contribution in [-0.2, 0) is 6.54 Å². The predicted molar refractivity (Wildman–Crippen MR) is 76.2 cm³/mol. The summed E-state index contributed by atoms with van der Waals surface area (Å²) >= 11 is 3.57. The molecule has 1 fully saturated rings. The molecule has 0 saturated heterocycles. The van der Waals surface area contributed by atoms with Crippen LogP contribution in [0.2, 0.25) is 0 Å². The Morgan fingerprint density at radius 1 is 1.39 bits per heavy atom. The number of benzene rings is 1. The van der Waals surface area contributed by atoms with Crippen molar-refractivity contribution in [1.29, 1.82) is 0 Å². The van der Waals surface area contributed by atoms with Crippen LogP contribution in [0.25, 0.3) is 11.0 Å². The summed E-state index contributed by atoms with van der Waals surface area (Å²) < 4.78 is 1.89. The maximum atomic E-state index is 12.3. The van der Waals surface area contributed by atoms with Gasteiger partial charge in [-0.3, -0.25) is 4.79 Å². The molecule has 1 saturated carbocycles. The summed E-state index contributed by atoms with van der Waals surface area (Å²) in [5, 5.41) is 0.960. The first kappa shape index (κ1) is 11.9. The van der Waals surface area contributed by atoms with Crippen molar-refractivity contribution in [2.45, 2.75) is 26.3 Å². The van der Waals surface area contributed by atoms with Crippen molar-refractivity contribution in [2.24, 2.45) is 5.41 Å². The fourth-order valence-corrected chi connectivity index (χ4v) is 3.06. The van der Waals surface area contributed by atoms with E-state index in [2.05, 4.69) is 20.9 Å². The number of rotatable bonds is 3. The summed E-state index contributed by atoms with van der Waals surface area (Å²) in [6.07, 6.45) is 2.39. The molecular weight excluding hydrogens is 292 g/mol. The van der Waals surface area contributed by atoms with Crippen LogP contribution in [0, 0.1) is 12.3 Å². The Labute approximate surface area is 114 Å². The lowest BCUT2D eigenvalue weighted by atomic mass is 10.1. The van der Waals surface area contributed by atoms with Crippen LogP contribution in [-0.4, -0.2) is 14.9 Å². The zero-order valence-corrected chi connectivity index (χ0v) is 11.9. The Hall–Kier alpha value is -1.16. The van der Waals surface area contributed by atoms with Crippen LogP contribution >= 0.6 is 15.9 Å². The lowest BCUT2D eigenvalue weighted by Crippen LogP contribution is -2.28. The number of nitrogens with zero attached hydrogens (tertiary/aromatic N) is 2. The van der Waals surface area contributed by atoms with E-state index < -0.39 is 0 Å². The van der Waals surface area contributed by atoms with E-state index in [0.29, 0.717) is 5.69 Å². The van der Waals surface area contributed by atoms with Gasteiger partial charge in [-0.15, -0.1) is 0 Å². The molecule has 1 aliphatic rings. The highest BCUT2D eigenvalue weighted by Crippen LogP contribution is 2.48. The molecule has 18 heavy (non-hydrogen) atoms. The van der Waals surface area contributed by atoms with E-state index in [-0.39, 0.29) is 11.0 Å². The normalized spacial score (nSPS) is 17.0. The minimum Gasteiger partial charge on any atom is -0.305 e. The van der Waals surface area contributed by atoms with Gasteiger partial charge in [0, 0.05) is 11.9 Å². The molecule has 0 amide bonds. The average Bonchev–Trinajstić information content (AvgIpc) is 3.15. The number of halogens is 1. The molecule has 0 N–H and O–H groups in total. The first-order chi connectivity index (χ1) is 8.65. The van der Waals surface area contributed by atoms with Gasteiger partial charge in [-0.05, 0) is 37.3 Å². The van der Waals surface area contributed by atoms with E-state index in [9.17, 15) is 4.79 Å². The SMILES string of the molecule is Cc1nc2ccccc2n(CC2(CBr)CC2)c1=O. The van der Waals surface area contributed by atoms with Gasteiger partial charge in [0.25, 0.3) is 5.56 Å². The quantitative estimate of drug-likeness (QED) is 0.817. The highest BCUT2D eigenvalue weighted by molar-refractivity contribution is 9.09. The van der Waals surface area contributed by atoms with Gasteiger partial charge in [-0.1, -0.05) is 28.1 Å². The molecular formula is C14H15BrN2O. The number of aryl methyl sites for hydroxylation is 1. The molecule has 1 heterocycles. The first-order valence-electron chi connectivity index (χ1n) is 6.17. The second-order valence-electron chi connectivity index (χ2n) is 5.21. The number of hydrogen-bond acceptors (Lipinski definition) is 2. The number of hydrogen-bond donors (Lipinski definition) is 0. The highest BCUT2D eigenvalue weighted by atomic mass is 79.9. The maximum absolute atomic E-state index is 12.3. The summed E-state index contributed by atoms with van der Waals surface area (Å²) in [5.74, 6) is 0. The molecule has 2 aromatic rings. The molecule has 0 unspecified atom stereocenters. The van der Waals surface area contributed by atoms with E-state index in [1.54, 1.807) is 6.92 Å². The Morgan fingerprint density at radius 3 is 2.78 bits per heavy atom. The van der Waals surface area contributed by atoms with Crippen LogP contribution in [0.4, 0.5) is 0 Å². The molecule has 0 aliphatic heterocycles. The van der Waals surface area contributed by atoms with Crippen molar-refractivity contribution >= 4 is 27.0 Å². The van der Waals surface area contributed by atoms with Crippen molar-refractivity contribution in [3.8, 4) is 0 Å². The standard InChI is InChI=1S/C14H15BrN2O/c1-10-13(18)17(9-14(8-15)6-7-14)12-5-3-2-4-11(12)16-10/h2-5H,6-9H2,1H3. The summed E-state index contributed by atoms with van der Waals surface area (Å²) in [5.41, 5.74) is 2.75. The van der Waals surface area contributed by atoms with Crippen LogP contribution in [0.3, 0.4) is 0 Å². The van der Waals surface area contributed by atoms with Gasteiger partial charge in [0.2, 0.25) is 0 Å². The third-order valence-corrected chi connectivity index (χ3v) is 4.94. The highest BCUT2D eigenvalue weighted by Gasteiger charge is 2.42. The molecule has 1 aliphatic carbocycles. The van der Waals surface area contributed by atoms with Crippen molar-refractivity contribution in [1.82, 2.24) is 9.55 Å². The zero-order chi connectivity index (χ0) is 12.8. The van der Waals surface area contributed by atoms with Crippen molar-refractivity contribution < 1.29 is 0 Å². The van der Waals surface area contributed by atoms with Gasteiger partial charge in [-0.25, -0.2) is 4.98 Å². The minimum absolute atomic E-state index is 0.0425. The van der Waals surface area contributed by atoms with Crippen LogP contribution < -0.4 is 5.56 Å².